The molecule has 0 amide bonds. The topological polar surface area (TPSA) is 86.8 Å². The highest BCUT2D eigenvalue weighted by Gasteiger charge is 1.95. The minimum Gasteiger partial charge on any atom is -0.467 e. The van der Waals surface area contributed by atoms with Crippen molar-refractivity contribution in [1.82, 2.24) is 0 Å². The smallest absolute Gasteiger partial charge is 0.242 e. The molecule has 0 atom stereocenters. The van der Waals surface area contributed by atoms with Gasteiger partial charge in [-0.3, -0.25) is 0 Å². The molecule has 0 bridgehead atoms. The van der Waals surface area contributed by atoms with Gasteiger partial charge in [-0.05, 0) is 39.5 Å². The lowest BCUT2D eigenvalue weighted by atomic mass is 10.1. The van der Waals surface area contributed by atoms with Crippen molar-refractivity contribution in [1.29, 1.82) is 0 Å². The van der Waals surface area contributed by atoms with Gasteiger partial charge in [-0.2, -0.15) is 0 Å². The highest BCUT2D eigenvalue weighted by atomic mass is 28.2. The first-order valence-electron chi connectivity index (χ1n) is 6.73. The lowest BCUT2D eigenvalue weighted by Gasteiger charge is -2.00. The zero-order chi connectivity index (χ0) is 16.6. The largest absolute Gasteiger partial charge is 0.467 e. The number of rotatable bonds is 4. The van der Waals surface area contributed by atoms with Gasteiger partial charge in [0.2, 0.25) is 10.5 Å². The van der Waals surface area contributed by atoms with Gasteiger partial charge in [-0.15, -0.1) is 5.16 Å². The van der Waals surface area contributed by atoms with Crippen LogP contribution in [0, 0.1) is 5.92 Å². The Labute approximate surface area is 126 Å². The van der Waals surface area contributed by atoms with Crippen LogP contribution in [-0.2, 0) is 4.53 Å². The summed E-state index contributed by atoms with van der Waals surface area (Å²) in [6.45, 7) is 13.6. The fraction of sp³-hybridized carbons (Fsp3) is 0.769. The fourth-order valence-corrected chi connectivity index (χ4v) is 0.679. The Kier molecular flexibility index (Phi) is 20.9. The van der Waals surface area contributed by atoms with Crippen LogP contribution < -0.4 is 0 Å². The summed E-state index contributed by atoms with van der Waals surface area (Å²) in [5.74, 6) is 0.518. The van der Waals surface area contributed by atoms with E-state index in [0.29, 0.717) is 16.4 Å². The molecule has 0 fully saturated rings. The Balaban J connectivity index is -0.000000221. The molecule has 0 aliphatic heterocycles. The Bertz CT molecular complexity index is 285. The average Bonchev–Trinajstić information content (AvgIpc) is 2.46. The molecular formula is C13H31N3O3Si. The van der Waals surface area contributed by atoms with Gasteiger partial charge in [0, 0.05) is 0 Å². The van der Waals surface area contributed by atoms with E-state index in [4.69, 9.17) is 14.9 Å². The van der Waals surface area contributed by atoms with Gasteiger partial charge in [0.15, 0.2) is 0 Å². The van der Waals surface area contributed by atoms with Crippen LogP contribution in [0.2, 0.25) is 0 Å². The highest BCUT2D eigenvalue weighted by molar-refractivity contribution is 5.98. The standard InChI is InChI=1S/C5H13NOSi.2C4H9NO/c1-4(2)5(3)6-7-8;2*1-3-4(2)5-6/h4H,1-3,8H3;2*6H,3H2,1-2H3/b6-5+;2*5-4+. The monoisotopic (exact) mass is 305 g/mol. The number of hydrogen-bond donors (Lipinski definition) is 2. The Hall–Kier alpha value is -1.37. The summed E-state index contributed by atoms with van der Waals surface area (Å²) < 4.78 is 4.69. The van der Waals surface area contributed by atoms with E-state index >= 15 is 0 Å². The lowest BCUT2D eigenvalue weighted by Crippen LogP contribution is -2.01. The first kappa shape index (κ1) is 23.7. The van der Waals surface area contributed by atoms with Crippen molar-refractivity contribution in [3.05, 3.63) is 0 Å². The molecule has 120 valence electrons. The van der Waals surface area contributed by atoms with Crippen LogP contribution in [0.1, 0.15) is 61.3 Å². The summed E-state index contributed by atoms with van der Waals surface area (Å²) >= 11 is 0. The molecule has 0 aromatic rings. The van der Waals surface area contributed by atoms with Crippen LogP contribution in [0.5, 0.6) is 0 Å². The molecule has 0 aromatic carbocycles. The molecular weight excluding hydrogens is 274 g/mol. The van der Waals surface area contributed by atoms with Gasteiger partial charge in [0.25, 0.3) is 0 Å². The van der Waals surface area contributed by atoms with E-state index in [0.717, 1.165) is 30.0 Å². The third-order valence-corrected chi connectivity index (χ3v) is 2.62. The summed E-state index contributed by atoms with van der Waals surface area (Å²) in [6.07, 6.45) is 1.66. The maximum atomic E-state index is 7.92. The second-order valence-electron chi connectivity index (χ2n) is 4.45. The summed E-state index contributed by atoms with van der Waals surface area (Å²) in [6, 6.07) is 0. The van der Waals surface area contributed by atoms with E-state index < -0.39 is 0 Å². The minimum atomic E-state index is 0.518. The number of nitrogens with zero attached hydrogens (tertiary/aromatic N) is 3. The number of hydrogen-bond acceptors (Lipinski definition) is 6. The third kappa shape index (κ3) is 21.9. The molecule has 6 nitrogen and oxygen atoms in total. The Morgan fingerprint density at radius 2 is 1.35 bits per heavy atom. The molecule has 0 aliphatic rings. The lowest BCUT2D eigenvalue weighted by molar-refractivity contribution is 0.317. The molecule has 0 heterocycles. The molecule has 0 rings (SSSR count). The first-order chi connectivity index (χ1) is 9.30. The highest BCUT2D eigenvalue weighted by Crippen LogP contribution is 1.94. The third-order valence-electron chi connectivity index (χ3n) is 2.44. The first-order valence-corrected chi connectivity index (χ1v) is 7.54. The van der Waals surface area contributed by atoms with Crippen LogP contribution in [0.3, 0.4) is 0 Å². The van der Waals surface area contributed by atoms with Gasteiger partial charge in [0.1, 0.15) is 0 Å². The molecule has 0 saturated heterocycles. The van der Waals surface area contributed by atoms with E-state index in [1.165, 1.54) is 0 Å². The number of oxime groups is 3. The molecule has 0 saturated carbocycles. The van der Waals surface area contributed by atoms with Crippen LogP contribution in [-0.4, -0.2) is 38.0 Å². The Morgan fingerprint density at radius 1 is 1.00 bits per heavy atom. The normalized spacial score (nSPS) is 12.3. The predicted octanol–water partition coefficient (Wildman–Crippen LogP) is 2.81. The molecule has 0 spiro atoms. The van der Waals surface area contributed by atoms with Crippen molar-refractivity contribution in [2.45, 2.75) is 61.3 Å². The molecule has 0 aliphatic carbocycles. The maximum Gasteiger partial charge on any atom is 0.242 e. The maximum absolute atomic E-state index is 7.92. The fourth-order valence-electron chi connectivity index (χ4n) is 0.391. The SMILES string of the molecule is C/C(=N\O[SiH3])C(C)C.CC/C(C)=N/O.CC/C(C)=N/O. The zero-order valence-electron chi connectivity index (χ0n) is 14.1. The molecule has 0 unspecified atom stereocenters. The van der Waals surface area contributed by atoms with Crippen molar-refractivity contribution in [3.63, 3.8) is 0 Å². The quantitative estimate of drug-likeness (QED) is 0.362. The van der Waals surface area contributed by atoms with E-state index in [1.807, 2.05) is 20.8 Å². The molecule has 0 radical (unpaired) electrons. The van der Waals surface area contributed by atoms with Crippen LogP contribution >= 0.6 is 0 Å². The summed E-state index contributed by atoms with van der Waals surface area (Å²) in [5, 5.41) is 25.5. The average molecular weight is 305 g/mol. The van der Waals surface area contributed by atoms with Gasteiger partial charge in [-0.25, -0.2) is 0 Å². The van der Waals surface area contributed by atoms with E-state index in [2.05, 4.69) is 29.3 Å². The second-order valence-corrected chi connectivity index (χ2v) is 4.81. The summed E-state index contributed by atoms with van der Waals surface area (Å²) in [4.78, 5) is 0. The van der Waals surface area contributed by atoms with E-state index in [1.54, 1.807) is 13.8 Å². The molecule has 0 aromatic heterocycles. The van der Waals surface area contributed by atoms with Crippen molar-refractivity contribution in [2.75, 3.05) is 0 Å². The van der Waals surface area contributed by atoms with Crippen LogP contribution in [0.25, 0.3) is 0 Å². The van der Waals surface area contributed by atoms with Crippen molar-refractivity contribution >= 4 is 27.6 Å². The molecule has 2 N–H and O–H groups in total. The predicted molar refractivity (Wildman–Crippen MR) is 89.3 cm³/mol. The van der Waals surface area contributed by atoms with Gasteiger partial charge in [0.05, 0.1) is 17.1 Å². The van der Waals surface area contributed by atoms with Crippen molar-refractivity contribution < 1.29 is 14.9 Å². The molecule has 20 heavy (non-hydrogen) atoms. The zero-order valence-corrected chi connectivity index (χ0v) is 16.1. The summed E-state index contributed by atoms with van der Waals surface area (Å²) in [5.41, 5.74) is 2.62. The van der Waals surface area contributed by atoms with Gasteiger partial charge in [-0.1, -0.05) is 38.0 Å². The van der Waals surface area contributed by atoms with E-state index in [9.17, 15) is 0 Å². The second kappa shape index (κ2) is 17.6. The van der Waals surface area contributed by atoms with Crippen LogP contribution in [0.4, 0.5) is 0 Å². The minimum absolute atomic E-state index is 0.518. The van der Waals surface area contributed by atoms with Gasteiger partial charge >= 0.3 is 0 Å². The Morgan fingerprint density at radius 3 is 1.40 bits per heavy atom. The van der Waals surface area contributed by atoms with Gasteiger partial charge < -0.3 is 14.9 Å². The van der Waals surface area contributed by atoms with Crippen molar-refractivity contribution in [2.24, 2.45) is 21.4 Å². The molecule has 7 heteroatoms. The van der Waals surface area contributed by atoms with Crippen molar-refractivity contribution in [3.8, 4) is 0 Å². The summed E-state index contributed by atoms with van der Waals surface area (Å²) in [7, 11) is 0.695. The van der Waals surface area contributed by atoms with E-state index in [-0.39, 0.29) is 0 Å². The van der Waals surface area contributed by atoms with Crippen LogP contribution in [0.15, 0.2) is 15.5 Å².